The third-order valence-corrected chi connectivity index (χ3v) is 2.56. The molecular formula is C14H19NO4. The summed E-state index contributed by atoms with van der Waals surface area (Å²) >= 11 is 0. The highest BCUT2D eigenvalue weighted by Crippen LogP contribution is 2.06. The fraction of sp³-hybridized carbons (Fsp3) is 0.429. The van der Waals surface area contributed by atoms with E-state index in [1.165, 1.54) is 4.90 Å². The SMILES string of the molecule is CCOCCC(=O)N(CC(=O)O)Cc1ccccc1. The van der Waals surface area contributed by atoms with Crippen molar-refractivity contribution in [2.75, 3.05) is 19.8 Å². The number of nitrogens with zero attached hydrogens (tertiary/aromatic N) is 1. The molecule has 104 valence electrons. The van der Waals surface area contributed by atoms with E-state index in [9.17, 15) is 9.59 Å². The molecule has 0 aliphatic rings. The van der Waals surface area contributed by atoms with Crippen LogP contribution in [0.4, 0.5) is 0 Å². The van der Waals surface area contributed by atoms with Crippen molar-refractivity contribution in [3.8, 4) is 0 Å². The van der Waals surface area contributed by atoms with Gasteiger partial charge in [-0.05, 0) is 12.5 Å². The molecular weight excluding hydrogens is 246 g/mol. The molecule has 0 saturated carbocycles. The summed E-state index contributed by atoms with van der Waals surface area (Å²) in [6.07, 6.45) is 0.202. The molecule has 5 nitrogen and oxygen atoms in total. The first-order valence-corrected chi connectivity index (χ1v) is 6.24. The number of rotatable bonds is 8. The Balaban J connectivity index is 2.60. The largest absolute Gasteiger partial charge is 0.480 e. The smallest absolute Gasteiger partial charge is 0.323 e. The Bertz CT molecular complexity index is 405. The van der Waals surface area contributed by atoms with Crippen LogP contribution in [0.3, 0.4) is 0 Å². The summed E-state index contributed by atoms with van der Waals surface area (Å²) in [6, 6.07) is 9.33. The molecule has 0 aliphatic carbocycles. The van der Waals surface area contributed by atoms with E-state index >= 15 is 0 Å². The highest BCUT2D eigenvalue weighted by atomic mass is 16.5. The summed E-state index contributed by atoms with van der Waals surface area (Å²) in [7, 11) is 0. The van der Waals surface area contributed by atoms with E-state index in [1.54, 1.807) is 0 Å². The number of ether oxygens (including phenoxy) is 1. The Kier molecular flexibility index (Phi) is 6.60. The van der Waals surface area contributed by atoms with E-state index < -0.39 is 5.97 Å². The summed E-state index contributed by atoms with van der Waals surface area (Å²) in [4.78, 5) is 24.1. The zero-order valence-corrected chi connectivity index (χ0v) is 11.0. The first-order chi connectivity index (χ1) is 9.13. The third-order valence-electron chi connectivity index (χ3n) is 2.56. The van der Waals surface area contributed by atoms with Crippen molar-refractivity contribution in [3.05, 3.63) is 35.9 Å². The number of carboxylic acid groups (broad SMARTS) is 1. The van der Waals surface area contributed by atoms with Crippen LogP contribution in [0.15, 0.2) is 30.3 Å². The highest BCUT2D eigenvalue weighted by Gasteiger charge is 2.16. The molecule has 1 amide bonds. The molecule has 0 bridgehead atoms. The fourth-order valence-corrected chi connectivity index (χ4v) is 1.66. The maximum atomic E-state index is 11.9. The number of aliphatic carboxylic acids is 1. The molecule has 1 aromatic rings. The van der Waals surface area contributed by atoms with Crippen molar-refractivity contribution in [1.29, 1.82) is 0 Å². The van der Waals surface area contributed by atoms with Crippen LogP contribution in [-0.4, -0.2) is 41.6 Å². The Labute approximate surface area is 112 Å². The summed E-state index contributed by atoms with van der Waals surface area (Å²) in [6.45, 7) is 2.73. The summed E-state index contributed by atoms with van der Waals surface area (Å²) < 4.78 is 5.11. The van der Waals surface area contributed by atoms with Crippen LogP contribution >= 0.6 is 0 Å². The number of carbonyl (C=O) groups is 2. The van der Waals surface area contributed by atoms with Gasteiger partial charge in [0.25, 0.3) is 0 Å². The summed E-state index contributed by atoms with van der Waals surface area (Å²) in [5.74, 6) is -1.22. The minimum Gasteiger partial charge on any atom is -0.480 e. The van der Waals surface area contributed by atoms with Crippen LogP contribution in [0.1, 0.15) is 18.9 Å². The van der Waals surface area contributed by atoms with Crippen molar-refractivity contribution in [3.63, 3.8) is 0 Å². The van der Waals surface area contributed by atoms with Crippen molar-refractivity contribution >= 4 is 11.9 Å². The van der Waals surface area contributed by atoms with Crippen molar-refractivity contribution in [2.45, 2.75) is 19.9 Å². The van der Waals surface area contributed by atoms with Gasteiger partial charge in [-0.3, -0.25) is 9.59 Å². The minimum atomic E-state index is -1.01. The number of hydrogen-bond acceptors (Lipinski definition) is 3. The van der Waals surface area contributed by atoms with E-state index in [2.05, 4.69) is 0 Å². The quantitative estimate of drug-likeness (QED) is 0.724. The van der Waals surface area contributed by atoms with Gasteiger partial charge in [-0.1, -0.05) is 30.3 Å². The van der Waals surface area contributed by atoms with Crippen LogP contribution in [0.25, 0.3) is 0 Å². The molecule has 0 aromatic heterocycles. The molecule has 5 heteroatoms. The lowest BCUT2D eigenvalue weighted by Crippen LogP contribution is -2.35. The van der Waals surface area contributed by atoms with Gasteiger partial charge in [-0.15, -0.1) is 0 Å². The van der Waals surface area contributed by atoms with Gasteiger partial charge in [0.15, 0.2) is 0 Å². The molecule has 1 N–H and O–H groups in total. The molecule has 0 fully saturated rings. The van der Waals surface area contributed by atoms with E-state index in [0.29, 0.717) is 19.8 Å². The van der Waals surface area contributed by atoms with Gasteiger partial charge in [0, 0.05) is 13.2 Å². The lowest BCUT2D eigenvalue weighted by Gasteiger charge is -2.20. The summed E-state index contributed by atoms with van der Waals surface area (Å²) in [5, 5.41) is 8.86. The van der Waals surface area contributed by atoms with Crippen LogP contribution < -0.4 is 0 Å². The fourth-order valence-electron chi connectivity index (χ4n) is 1.66. The molecule has 0 saturated heterocycles. The van der Waals surface area contributed by atoms with Gasteiger partial charge in [0.2, 0.25) is 5.91 Å². The number of benzene rings is 1. The van der Waals surface area contributed by atoms with E-state index in [0.717, 1.165) is 5.56 Å². The van der Waals surface area contributed by atoms with Crippen molar-refractivity contribution in [1.82, 2.24) is 4.90 Å². The van der Waals surface area contributed by atoms with Gasteiger partial charge in [-0.2, -0.15) is 0 Å². The average molecular weight is 265 g/mol. The lowest BCUT2D eigenvalue weighted by molar-refractivity contribution is -0.145. The number of carbonyl (C=O) groups excluding carboxylic acids is 1. The number of carboxylic acids is 1. The molecule has 0 atom stereocenters. The van der Waals surface area contributed by atoms with Crippen LogP contribution in [0.5, 0.6) is 0 Å². The monoisotopic (exact) mass is 265 g/mol. The highest BCUT2D eigenvalue weighted by molar-refractivity contribution is 5.81. The maximum absolute atomic E-state index is 11.9. The van der Waals surface area contributed by atoms with Gasteiger partial charge >= 0.3 is 5.97 Å². The average Bonchev–Trinajstić information content (AvgIpc) is 2.39. The summed E-state index contributed by atoms with van der Waals surface area (Å²) in [5.41, 5.74) is 0.911. The Hall–Kier alpha value is -1.88. The van der Waals surface area contributed by atoms with E-state index in [-0.39, 0.29) is 18.9 Å². The second-order valence-electron chi connectivity index (χ2n) is 4.08. The molecule has 0 radical (unpaired) electrons. The van der Waals surface area contributed by atoms with E-state index in [4.69, 9.17) is 9.84 Å². The zero-order valence-electron chi connectivity index (χ0n) is 11.0. The lowest BCUT2D eigenvalue weighted by atomic mass is 10.2. The van der Waals surface area contributed by atoms with Crippen molar-refractivity contribution in [2.24, 2.45) is 0 Å². The Morgan fingerprint density at radius 1 is 1.26 bits per heavy atom. The molecule has 0 unspecified atom stereocenters. The van der Waals surface area contributed by atoms with Gasteiger partial charge in [0.05, 0.1) is 13.0 Å². The Morgan fingerprint density at radius 3 is 2.53 bits per heavy atom. The maximum Gasteiger partial charge on any atom is 0.323 e. The predicted octanol–water partition coefficient (Wildman–Crippen LogP) is 1.53. The molecule has 19 heavy (non-hydrogen) atoms. The topological polar surface area (TPSA) is 66.8 Å². The molecule has 0 heterocycles. The van der Waals surface area contributed by atoms with Gasteiger partial charge < -0.3 is 14.7 Å². The van der Waals surface area contributed by atoms with Gasteiger partial charge in [-0.25, -0.2) is 0 Å². The molecule has 0 spiro atoms. The van der Waals surface area contributed by atoms with Gasteiger partial charge in [0.1, 0.15) is 6.54 Å². The van der Waals surface area contributed by atoms with Crippen molar-refractivity contribution < 1.29 is 19.4 Å². The minimum absolute atomic E-state index is 0.202. The first kappa shape index (κ1) is 15.2. The van der Waals surface area contributed by atoms with Crippen LogP contribution in [0.2, 0.25) is 0 Å². The van der Waals surface area contributed by atoms with E-state index in [1.807, 2.05) is 37.3 Å². The third kappa shape index (κ3) is 6.01. The second kappa shape index (κ2) is 8.26. The molecule has 1 aromatic carbocycles. The predicted molar refractivity (Wildman–Crippen MR) is 70.6 cm³/mol. The number of amides is 1. The molecule has 0 aliphatic heterocycles. The van der Waals surface area contributed by atoms with Crippen LogP contribution in [0, 0.1) is 0 Å². The standard InChI is InChI=1S/C14H19NO4/c1-2-19-9-8-13(16)15(11-14(17)18)10-12-6-4-3-5-7-12/h3-7H,2,8-11H2,1H3,(H,17,18). The Morgan fingerprint density at radius 2 is 1.95 bits per heavy atom. The first-order valence-electron chi connectivity index (χ1n) is 6.24. The number of hydrogen-bond donors (Lipinski definition) is 1. The van der Waals surface area contributed by atoms with Crippen LogP contribution in [-0.2, 0) is 20.9 Å². The molecule has 1 rings (SSSR count). The second-order valence-corrected chi connectivity index (χ2v) is 4.08. The normalized spacial score (nSPS) is 10.2. The zero-order chi connectivity index (χ0) is 14.1.